The van der Waals surface area contributed by atoms with Crippen LogP contribution in [0, 0.1) is 6.92 Å². The van der Waals surface area contributed by atoms with Crippen LogP contribution < -0.4 is 5.73 Å². The Bertz CT molecular complexity index is 494. The first kappa shape index (κ1) is 10.4. The van der Waals surface area contributed by atoms with Crippen LogP contribution in [-0.4, -0.2) is 11.5 Å². The first-order valence-electron chi connectivity index (χ1n) is 4.96. The third-order valence-corrected chi connectivity index (χ3v) is 2.70. The number of halogens is 1. The maximum absolute atomic E-state index is 6.16. The summed E-state index contributed by atoms with van der Waals surface area (Å²) < 4.78 is 0. The van der Waals surface area contributed by atoms with E-state index < -0.39 is 0 Å². The highest BCUT2D eigenvalue weighted by Gasteiger charge is 2.02. The minimum absolute atomic E-state index is 0.655. The van der Waals surface area contributed by atoms with Gasteiger partial charge in [0.25, 0.3) is 0 Å². The molecule has 0 amide bonds. The Morgan fingerprint density at radius 1 is 1.33 bits per heavy atom. The number of rotatable bonds is 2. The molecule has 15 heavy (non-hydrogen) atoms. The van der Waals surface area contributed by atoms with Crippen LogP contribution in [0.15, 0.2) is 24.3 Å². The van der Waals surface area contributed by atoms with E-state index in [1.54, 1.807) is 0 Å². The van der Waals surface area contributed by atoms with Gasteiger partial charge in [-0.15, -0.1) is 0 Å². The van der Waals surface area contributed by atoms with Gasteiger partial charge in [-0.1, -0.05) is 17.7 Å². The Kier molecular flexibility index (Phi) is 2.89. The van der Waals surface area contributed by atoms with Crippen molar-refractivity contribution in [2.45, 2.75) is 13.3 Å². The number of aromatic nitrogens is 1. The average Bonchev–Trinajstić information content (AvgIpc) is 2.19. The Labute approximate surface area is 94.1 Å². The van der Waals surface area contributed by atoms with E-state index in [1.807, 2.05) is 19.1 Å². The summed E-state index contributed by atoms with van der Waals surface area (Å²) in [5.41, 5.74) is 8.61. The quantitative estimate of drug-likeness (QED) is 0.845. The second-order valence-corrected chi connectivity index (χ2v) is 4.04. The summed E-state index contributed by atoms with van der Waals surface area (Å²) in [6.07, 6.45) is 0.875. The molecule has 0 fully saturated rings. The van der Waals surface area contributed by atoms with Crippen molar-refractivity contribution in [2.75, 3.05) is 6.54 Å². The molecule has 0 unspecified atom stereocenters. The predicted octanol–water partition coefficient (Wildman–Crippen LogP) is 2.70. The zero-order valence-corrected chi connectivity index (χ0v) is 9.38. The predicted molar refractivity (Wildman–Crippen MR) is 64.2 cm³/mol. The highest BCUT2D eigenvalue weighted by atomic mass is 35.5. The zero-order chi connectivity index (χ0) is 10.8. The van der Waals surface area contributed by atoms with Crippen LogP contribution in [0.3, 0.4) is 0 Å². The molecular weight excluding hydrogens is 208 g/mol. The fourth-order valence-corrected chi connectivity index (χ4v) is 1.99. The van der Waals surface area contributed by atoms with E-state index in [0.717, 1.165) is 28.0 Å². The van der Waals surface area contributed by atoms with Gasteiger partial charge in [-0.25, -0.2) is 0 Å². The van der Waals surface area contributed by atoms with Crippen LogP contribution in [0.1, 0.15) is 11.3 Å². The first-order valence-corrected chi connectivity index (χ1v) is 5.34. The standard InChI is InChI=1S/C12H13ClN2/c1-8-6-11(13)10-7-9(4-5-14)2-3-12(10)15-8/h2-3,6-7H,4-5,14H2,1H3. The lowest BCUT2D eigenvalue weighted by Crippen LogP contribution is -2.02. The molecule has 0 saturated carbocycles. The zero-order valence-electron chi connectivity index (χ0n) is 8.63. The molecule has 1 aromatic carbocycles. The van der Waals surface area contributed by atoms with Crippen molar-refractivity contribution in [3.8, 4) is 0 Å². The Hall–Kier alpha value is -1.12. The van der Waals surface area contributed by atoms with Gasteiger partial charge < -0.3 is 5.73 Å². The van der Waals surface area contributed by atoms with E-state index in [2.05, 4.69) is 17.1 Å². The second-order valence-electron chi connectivity index (χ2n) is 3.64. The number of aryl methyl sites for hydroxylation is 1. The SMILES string of the molecule is Cc1cc(Cl)c2cc(CCN)ccc2n1. The highest BCUT2D eigenvalue weighted by molar-refractivity contribution is 6.35. The van der Waals surface area contributed by atoms with Crippen molar-refractivity contribution in [3.63, 3.8) is 0 Å². The molecule has 0 aliphatic rings. The molecule has 2 rings (SSSR count). The van der Waals surface area contributed by atoms with Gasteiger partial charge >= 0.3 is 0 Å². The van der Waals surface area contributed by atoms with Gasteiger partial charge in [0, 0.05) is 11.1 Å². The van der Waals surface area contributed by atoms with E-state index in [0.29, 0.717) is 6.54 Å². The van der Waals surface area contributed by atoms with Gasteiger partial charge in [0.15, 0.2) is 0 Å². The first-order chi connectivity index (χ1) is 7.20. The molecule has 78 valence electrons. The summed E-state index contributed by atoms with van der Waals surface area (Å²) in [6.45, 7) is 2.60. The van der Waals surface area contributed by atoms with Crippen LogP contribution >= 0.6 is 11.6 Å². The van der Waals surface area contributed by atoms with Crippen LogP contribution in [0.4, 0.5) is 0 Å². The van der Waals surface area contributed by atoms with Crippen LogP contribution in [0.2, 0.25) is 5.02 Å². The number of benzene rings is 1. The van der Waals surface area contributed by atoms with Gasteiger partial charge in [0.1, 0.15) is 0 Å². The molecule has 3 heteroatoms. The topological polar surface area (TPSA) is 38.9 Å². The van der Waals surface area contributed by atoms with E-state index in [4.69, 9.17) is 17.3 Å². The van der Waals surface area contributed by atoms with Crippen molar-refractivity contribution in [2.24, 2.45) is 5.73 Å². The van der Waals surface area contributed by atoms with Crippen molar-refractivity contribution >= 4 is 22.5 Å². The van der Waals surface area contributed by atoms with Crippen LogP contribution in [-0.2, 0) is 6.42 Å². The number of fused-ring (bicyclic) bond motifs is 1. The second kappa shape index (κ2) is 4.17. The lowest BCUT2D eigenvalue weighted by Gasteiger charge is -2.04. The van der Waals surface area contributed by atoms with Crippen molar-refractivity contribution in [1.29, 1.82) is 0 Å². The van der Waals surface area contributed by atoms with Crippen molar-refractivity contribution in [3.05, 3.63) is 40.5 Å². The Morgan fingerprint density at radius 3 is 2.87 bits per heavy atom. The summed E-state index contributed by atoms with van der Waals surface area (Å²) in [7, 11) is 0. The molecule has 1 aromatic heterocycles. The smallest absolute Gasteiger partial charge is 0.0720 e. The third-order valence-electron chi connectivity index (χ3n) is 2.38. The van der Waals surface area contributed by atoms with Gasteiger partial charge in [-0.3, -0.25) is 4.98 Å². The molecule has 2 aromatic rings. The molecule has 0 atom stereocenters. The summed E-state index contributed by atoms with van der Waals surface area (Å²) in [5.74, 6) is 0. The molecule has 0 aliphatic carbocycles. The summed E-state index contributed by atoms with van der Waals surface area (Å²) in [4.78, 5) is 4.42. The van der Waals surface area contributed by atoms with E-state index in [-0.39, 0.29) is 0 Å². The molecule has 2 N–H and O–H groups in total. The summed E-state index contributed by atoms with van der Waals surface area (Å²) in [6, 6.07) is 8.00. The lowest BCUT2D eigenvalue weighted by atomic mass is 10.1. The highest BCUT2D eigenvalue weighted by Crippen LogP contribution is 2.24. The molecule has 0 saturated heterocycles. The molecule has 2 nitrogen and oxygen atoms in total. The van der Waals surface area contributed by atoms with Crippen LogP contribution in [0.5, 0.6) is 0 Å². The van der Waals surface area contributed by atoms with Crippen molar-refractivity contribution < 1.29 is 0 Å². The van der Waals surface area contributed by atoms with E-state index in [1.165, 1.54) is 5.56 Å². The van der Waals surface area contributed by atoms with Gasteiger partial charge in [0.05, 0.1) is 10.5 Å². The minimum Gasteiger partial charge on any atom is -0.330 e. The fraction of sp³-hybridized carbons (Fsp3) is 0.250. The molecule has 0 spiro atoms. The van der Waals surface area contributed by atoms with Crippen molar-refractivity contribution in [1.82, 2.24) is 4.98 Å². The monoisotopic (exact) mass is 220 g/mol. The fourth-order valence-electron chi connectivity index (χ4n) is 1.68. The van der Waals surface area contributed by atoms with E-state index >= 15 is 0 Å². The van der Waals surface area contributed by atoms with E-state index in [9.17, 15) is 0 Å². The maximum Gasteiger partial charge on any atom is 0.0720 e. The molecular formula is C12H13ClN2. The Morgan fingerprint density at radius 2 is 2.13 bits per heavy atom. The summed E-state index contributed by atoms with van der Waals surface area (Å²) >= 11 is 6.16. The Balaban J connectivity index is 2.60. The summed E-state index contributed by atoms with van der Waals surface area (Å²) in [5, 5.41) is 1.77. The number of hydrogen-bond acceptors (Lipinski definition) is 2. The number of hydrogen-bond donors (Lipinski definition) is 1. The molecule has 0 bridgehead atoms. The largest absolute Gasteiger partial charge is 0.330 e. The van der Waals surface area contributed by atoms with Crippen LogP contribution in [0.25, 0.3) is 10.9 Å². The third kappa shape index (κ3) is 2.11. The van der Waals surface area contributed by atoms with Gasteiger partial charge in [0.2, 0.25) is 0 Å². The minimum atomic E-state index is 0.655. The number of pyridine rings is 1. The molecule has 0 aliphatic heterocycles. The lowest BCUT2D eigenvalue weighted by molar-refractivity contribution is 0.970. The number of nitrogens with two attached hydrogens (primary N) is 1. The van der Waals surface area contributed by atoms with Gasteiger partial charge in [-0.2, -0.15) is 0 Å². The molecule has 0 radical (unpaired) electrons. The normalized spacial score (nSPS) is 10.9. The average molecular weight is 221 g/mol. The van der Waals surface area contributed by atoms with Gasteiger partial charge in [-0.05, 0) is 43.7 Å². The maximum atomic E-state index is 6.16. The molecule has 1 heterocycles. The number of nitrogens with zero attached hydrogens (tertiary/aromatic N) is 1.